The Labute approximate surface area is 183 Å². The minimum Gasteiger partial charge on any atom is -0.390 e. The summed E-state index contributed by atoms with van der Waals surface area (Å²) < 4.78 is 0.912. The van der Waals surface area contributed by atoms with Gasteiger partial charge in [0.2, 0.25) is 0 Å². The van der Waals surface area contributed by atoms with Crippen LogP contribution in [0.25, 0.3) is 0 Å². The monoisotopic (exact) mass is 432 g/mol. The molecule has 4 nitrogen and oxygen atoms in total. The molecule has 0 radical (unpaired) electrons. The number of unbranched alkanes of at least 4 members (excludes halogenated alkanes) is 14. The highest BCUT2D eigenvalue weighted by Gasteiger charge is 2.29. The van der Waals surface area contributed by atoms with Gasteiger partial charge in [-0.2, -0.15) is 0 Å². The van der Waals surface area contributed by atoms with Gasteiger partial charge < -0.3 is 18.9 Å². The molecule has 0 rings (SSSR count). The SMILES string of the molecule is CCCCCCCCCCCCCCCCCC(CCC[Si](O)(O)O)[N+](C)(C)C. The van der Waals surface area contributed by atoms with Crippen molar-refractivity contribution in [2.24, 2.45) is 0 Å². The standard InChI is InChI=1S/C24H54NO3Si/c1-5-6-7-8-9-10-11-12-13-14-15-16-17-18-19-21-24(25(2,3)4)22-20-23-29(26,27)28/h24,26-28H,5-23H2,1-4H3/q+1. The normalized spacial score (nSPS) is 13.8. The van der Waals surface area contributed by atoms with Crippen LogP contribution in [-0.2, 0) is 0 Å². The fourth-order valence-corrected chi connectivity index (χ4v) is 4.92. The van der Waals surface area contributed by atoms with Crippen LogP contribution in [0.5, 0.6) is 0 Å². The lowest BCUT2D eigenvalue weighted by Gasteiger charge is -2.34. The number of quaternary nitrogens is 1. The highest BCUT2D eigenvalue weighted by molar-refractivity contribution is 6.56. The largest absolute Gasteiger partial charge is 0.492 e. The first kappa shape index (κ1) is 29.1. The molecule has 0 aromatic rings. The first-order chi connectivity index (χ1) is 13.7. The molecule has 0 heterocycles. The molecule has 5 heteroatoms. The Bertz CT molecular complexity index is 353. The van der Waals surface area contributed by atoms with E-state index < -0.39 is 8.80 Å². The van der Waals surface area contributed by atoms with Gasteiger partial charge in [0.15, 0.2) is 0 Å². The smallest absolute Gasteiger partial charge is 0.390 e. The van der Waals surface area contributed by atoms with Gasteiger partial charge >= 0.3 is 8.80 Å². The molecule has 0 amide bonds. The van der Waals surface area contributed by atoms with E-state index in [0.29, 0.717) is 12.5 Å². The van der Waals surface area contributed by atoms with Gasteiger partial charge in [-0.05, 0) is 25.7 Å². The minimum absolute atomic E-state index is 0.169. The maximum absolute atomic E-state index is 9.20. The lowest BCUT2D eigenvalue weighted by atomic mass is 10.00. The second-order valence-corrected chi connectivity index (χ2v) is 12.2. The van der Waals surface area contributed by atoms with Gasteiger partial charge in [0.25, 0.3) is 0 Å². The summed E-state index contributed by atoms with van der Waals surface area (Å²) in [5, 5.41) is 0. The summed E-state index contributed by atoms with van der Waals surface area (Å²) in [6.07, 6.45) is 23.8. The molecule has 0 aliphatic carbocycles. The molecule has 0 aromatic carbocycles. The molecule has 1 unspecified atom stereocenters. The molecule has 1 atom stereocenters. The summed E-state index contributed by atoms with van der Waals surface area (Å²) in [6.45, 7) is 2.28. The van der Waals surface area contributed by atoms with E-state index >= 15 is 0 Å². The predicted octanol–water partition coefficient (Wildman–Crippen LogP) is 6.02. The summed E-state index contributed by atoms with van der Waals surface area (Å²) in [6, 6.07) is 0.704. The van der Waals surface area contributed by atoms with E-state index in [-0.39, 0.29) is 6.04 Å². The van der Waals surface area contributed by atoms with E-state index in [4.69, 9.17) is 0 Å². The molecule has 3 N–H and O–H groups in total. The summed E-state index contributed by atoms with van der Waals surface area (Å²) in [7, 11) is 2.79. The molecule has 0 fully saturated rings. The summed E-state index contributed by atoms with van der Waals surface area (Å²) in [5.74, 6) is 0. The fourth-order valence-electron chi connectivity index (χ4n) is 4.25. The summed E-state index contributed by atoms with van der Waals surface area (Å²) in [4.78, 5) is 27.6. The van der Waals surface area contributed by atoms with E-state index in [0.717, 1.165) is 10.9 Å². The molecule has 0 aromatic heterocycles. The molecular weight excluding hydrogens is 378 g/mol. The third kappa shape index (κ3) is 21.1. The maximum atomic E-state index is 9.20. The van der Waals surface area contributed by atoms with Gasteiger partial charge in [-0.15, -0.1) is 0 Å². The number of hydrogen-bond acceptors (Lipinski definition) is 3. The number of hydrogen-bond donors (Lipinski definition) is 3. The molecule has 0 aliphatic heterocycles. The van der Waals surface area contributed by atoms with Crippen LogP contribution < -0.4 is 0 Å². The topological polar surface area (TPSA) is 60.7 Å². The van der Waals surface area contributed by atoms with Gasteiger partial charge in [-0.1, -0.05) is 96.8 Å². The third-order valence-corrected chi connectivity index (χ3v) is 7.31. The van der Waals surface area contributed by atoms with Gasteiger partial charge in [0.1, 0.15) is 0 Å². The zero-order valence-electron chi connectivity index (χ0n) is 20.3. The Morgan fingerprint density at radius 3 is 1.24 bits per heavy atom. The lowest BCUT2D eigenvalue weighted by molar-refractivity contribution is -0.896. The fraction of sp³-hybridized carbons (Fsp3) is 1.00. The van der Waals surface area contributed by atoms with Crippen molar-refractivity contribution in [2.75, 3.05) is 21.1 Å². The highest BCUT2D eigenvalue weighted by Crippen LogP contribution is 2.21. The molecular formula is C24H54NO3Si+. The van der Waals surface area contributed by atoms with E-state index in [2.05, 4.69) is 28.1 Å². The Balaban J connectivity index is 3.54. The first-order valence-electron chi connectivity index (χ1n) is 12.6. The molecule has 0 aliphatic rings. The Kier molecular flexibility index (Phi) is 17.7. The zero-order valence-corrected chi connectivity index (χ0v) is 21.3. The van der Waals surface area contributed by atoms with Gasteiger partial charge in [0, 0.05) is 6.04 Å². The van der Waals surface area contributed by atoms with Crippen LogP contribution in [0.3, 0.4) is 0 Å². The Hall–Kier alpha value is 0.0569. The van der Waals surface area contributed by atoms with E-state index in [1.807, 2.05) is 0 Å². The van der Waals surface area contributed by atoms with Crippen LogP contribution in [0, 0.1) is 0 Å². The zero-order chi connectivity index (χ0) is 22.0. The molecule has 0 saturated heterocycles. The number of nitrogens with zero attached hydrogens (tertiary/aromatic N) is 1. The first-order valence-corrected chi connectivity index (χ1v) is 14.7. The average Bonchev–Trinajstić information content (AvgIpc) is 2.61. The highest BCUT2D eigenvalue weighted by atomic mass is 28.4. The van der Waals surface area contributed by atoms with Gasteiger partial charge in [-0.25, -0.2) is 0 Å². The van der Waals surface area contributed by atoms with Crippen LogP contribution in [0.4, 0.5) is 0 Å². The lowest BCUT2D eigenvalue weighted by Crippen LogP contribution is -2.45. The van der Waals surface area contributed by atoms with Crippen LogP contribution >= 0.6 is 0 Å². The van der Waals surface area contributed by atoms with Gasteiger partial charge in [-0.3, -0.25) is 0 Å². The molecule has 176 valence electrons. The van der Waals surface area contributed by atoms with Crippen molar-refractivity contribution in [3.05, 3.63) is 0 Å². The predicted molar refractivity (Wildman–Crippen MR) is 128 cm³/mol. The Morgan fingerprint density at radius 1 is 0.552 bits per heavy atom. The van der Waals surface area contributed by atoms with Crippen LogP contribution in [0.15, 0.2) is 0 Å². The van der Waals surface area contributed by atoms with Crippen molar-refractivity contribution in [1.29, 1.82) is 0 Å². The molecule has 0 spiro atoms. The molecule has 0 bridgehead atoms. The van der Waals surface area contributed by atoms with Gasteiger partial charge in [0.05, 0.1) is 27.2 Å². The minimum atomic E-state index is -3.87. The van der Waals surface area contributed by atoms with E-state index in [9.17, 15) is 14.4 Å². The quantitative estimate of drug-likeness (QED) is 0.118. The average molecular weight is 433 g/mol. The van der Waals surface area contributed by atoms with E-state index in [1.165, 1.54) is 103 Å². The van der Waals surface area contributed by atoms with E-state index in [1.54, 1.807) is 0 Å². The van der Waals surface area contributed by atoms with Crippen molar-refractivity contribution < 1.29 is 18.9 Å². The van der Waals surface area contributed by atoms with Crippen LogP contribution in [-0.4, -0.2) is 54.9 Å². The second-order valence-electron chi connectivity index (χ2n) is 10.2. The summed E-state index contributed by atoms with van der Waals surface area (Å²) in [5.41, 5.74) is 0. The molecule has 0 saturated carbocycles. The van der Waals surface area contributed by atoms with Crippen LogP contribution in [0.1, 0.15) is 122 Å². The van der Waals surface area contributed by atoms with Crippen molar-refractivity contribution in [3.8, 4) is 0 Å². The van der Waals surface area contributed by atoms with Crippen molar-refractivity contribution in [2.45, 2.75) is 135 Å². The summed E-state index contributed by atoms with van der Waals surface area (Å²) >= 11 is 0. The van der Waals surface area contributed by atoms with Crippen molar-refractivity contribution in [3.63, 3.8) is 0 Å². The third-order valence-electron chi connectivity index (χ3n) is 6.29. The second kappa shape index (κ2) is 17.7. The van der Waals surface area contributed by atoms with Crippen molar-refractivity contribution in [1.82, 2.24) is 0 Å². The Morgan fingerprint density at radius 2 is 0.897 bits per heavy atom. The van der Waals surface area contributed by atoms with Crippen LogP contribution in [0.2, 0.25) is 6.04 Å². The van der Waals surface area contributed by atoms with Crippen molar-refractivity contribution >= 4 is 8.80 Å². The number of rotatable bonds is 21. The maximum Gasteiger partial charge on any atom is 0.492 e. The molecule has 29 heavy (non-hydrogen) atoms.